The maximum Gasteiger partial charge on any atom is 0.260 e. The van der Waals surface area contributed by atoms with E-state index in [1.54, 1.807) is 18.3 Å². The Labute approximate surface area is 120 Å². The molecule has 0 spiro atoms. The lowest BCUT2D eigenvalue weighted by atomic mass is 10.1. The number of aromatic nitrogens is 3. The van der Waals surface area contributed by atoms with Gasteiger partial charge >= 0.3 is 0 Å². The fourth-order valence-corrected chi connectivity index (χ4v) is 2.20. The molecular formula is C15H10ClN3O. The van der Waals surface area contributed by atoms with Crippen molar-refractivity contribution in [3.05, 3.63) is 70.2 Å². The van der Waals surface area contributed by atoms with Gasteiger partial charge in [0.25, 0.3) is 5.56 Å². The summed E-state index contributed by atoms with van der Waals surface area (Å²) in [5, 5.41) is 0.167. The molecule has 3 rings (SSSR count). The molecule has 3 aromatic rings. The molecule has 2 aromatic heterocycles. The lowest BCUT2D eigenvalue weighted by molar-refractivity contribution is 1.10. The molecule has 1 N–H and O–H groups in total. The molecule has 0 amide bonds. The summed E-state index contributed by atoms with van der Waals surface area (Å²) in [5.74, 6) is 0.361. The van der Waals surface area contributed by atoms with Gasteiger partial charge in [0.1, 0.15) is 10.8 Å². The van der Waals surface area contributed by atoms with Gasteiger partial charge in [0.15, 0.2) is 5.82 Å². The van der Waals surface area contributed by atoms with Gasteiger partial charge < -0.3 is 4.98 Å². The third kappa shape index (κ3) is 2.33. The van der Waals surface area contributed by atoms with Gasteiger partial charge in [0.05, 0.1) is 5.56 Å². The molecule has 0 aliphatic carbocycles. The Kier molecular flexibility index (Phi) is 3.31. The average Bonchev–Trinajstić information content (AvgIpc) is 2.48. The highest BCUT2D eigenvalue weighted by Crippen LogP contribution is 2.23. The molecule has 0 saturated heterocycles. The predicted octanol–water partition coefficient (Wildman–Crippen LogP) is 3.15. The molecule has 0 aliphatic heterocycles. The maximum absolute atomic E-state index is 12.2. The van der Waals surface area contributed by atoms with Gasteiger partial charge in [0, 0.05) is 6.20 Å². The molecule has 4 nitrogen and oxygen atoms in total. The second-order valence-corrected chi connectivity index (χ2v) is 4.52. The molecule has 20 heavy (non-hydrogen) atoms. The standard InChI is InChI=1S/C15H10ClN3O/c16-13-12(10-6-2-1-3-7-10)15(20)19-14(18-13)11-8-4-5-9-17-11/h1-9H,(H,18,19,20). The van der Waals surface area contributed by atoms with Crippen molar-refractivity contribution in [1.29, 1.82) is 0 Å². The highest BCUT2D eigenvalue weighted by Gasteiger charge is 2.12. The Hall–Kier alpha value is -2.46. The normalized spacial score (nSPS) is 10.4. The first-order valence-electron chi connectivity index (χ1n) is 6.02. The molecule has 5 heteroatoms. The summed E-state index contributed by atoms with van der Waals surface area (Å²) in [6, 6.07) is 14.6. The molecule has 98 valence electrons. The number of halogens is 1. The van der Waals surface area contributed by atoms with Crippen LogP contribution in [-0.4, -0.2) is 15.0 Å². The smallest absolute Gasteiger partial charge is 0.260 e. The SMILES string of the molecule is O=c1[nH]c(-c2ccccn2)nc(Cl)c1-c1ccccc1. The zero-order chi connectivity index (χ0) is 13.9. The topological polar surface area (TPSA) is 58.6 Å². The number of pyridine rings is 1. The Balaban J connectivity index is 2.16. The van der Waals surface area contributed by atoms with Crippen molar-refractivity contribution in [3.8, 4) is 22.6 Å². The molecule has 0 bridgehead atoms. The number of nitrogens with zero attached hydrogens (tertiary/aromatic N) is 2. The lowest BCUT2D eigenvalue weighted by Crippen LogP contribution is -2.13. The van der Waals surface area contributed by atoms with Crippen molar-refractivity contribution < 1.29 is 0 Å². The first-order valence-corrected chi connectivity index (χ1v) is 6.40. The van der Waals surface area contributed by atoms with Crippen molar-refractivity contribution in [2.24, 2.45) is 0 Å². The van der Waals surface area contributed by atoms with E-state index in [-0.39, 0.29) is 10.7 Å². The molecule has 0 aliphatic rings. The van der Waals surface area contributed by atoms with Gasteiger partial charge in [-0.1, -0.05) is 48.0 Å². The van der Waals surface area contributed by atoms with Crippen LogP contribution in [-0.2, 0) is 0 Å². The molecular weight excluding hydrogens is 274 g/mol. The first-order chi connectivity index (χ1) is 9.75. The van der Waals surface area contributed by atoms with E-state index in [0.29, 0.717) is 17.1 Å². The summed E-state index contributed by atoms with van der Waals surface area (Å²) in [5.41, 5.74) is 1.40. The van der Waals surface area contributed by atoms with E-state index < -0.39 is 0 Å². The van der Waals surface area contributed by atoms with E-state index in [2.05, 4.69) is 15.0 Å². The molecule has 1 aromatic carbocycles. The van der Waals surface area contributed by atoms with Crippen LogP contribution in [0.25, 0.3) is 22.6 Å². The lowest BCUT2D eigenvalue weighted by Gasteiger charge is -2.05. The van der Waals surface area contributed by atoms with Crippen LogP contribution in [0.1, 0.15) is 0 Å². The highest BCUT2D eigenvalue weighted by atomic mass is 35.5. The number of H-pyrrole nitrogens is 1. The van der Waals surface area contributed by atoms with Gasteiger partial charge in [-0.3, -0.25) is 9.78 Å². The summed E-state index contributed by atoms with van der Waals surface area (Å²) in [6.07, 6.45) is 1.63. The number of hydrogen-bond donors (Lipinski definition) is 1. The van der Waals surface area contributed by atoms with Gasteiger partial charge in [-0.15, -0.1) is 0 Å². The number of hydrogen-bond acceptors (Lipinski definition) is 3. The van der Waals surface area contributed by atoms with Crippen LogP contribution in [0.5, 0.6) is 0 Å². The largest absolute Gasteiger partial charge is 0.305 e. The van der Waals surface area contributed by atoms with Crippen LogP contribution >= 0.6 is 11.6 Å². The van der Waals surface area contributed by atoms with E-state index in [1.165, 1.54) is 0 Å². The minimum atomic E-state index is -0.281. The van der Waals surface area contributed by atoms with E-state index in [1.807, 2.05) is 36.4 Å². The van der Waals surface area contributed by atoms with E-state index in [4.69, 9.17) is 11.6 Å². The van der Waals surface area contributed by atoms with Crippen LogP contribution in [0.4, 0.5) is 0 Å². The molecule has 0 saturated carbocycles. The monoisotopic (exact) mass is 283 g/mol. The van der Waals surface area contributed by atoms with Crippen molar-refractivity contribution in [3.63, 3.8) is 0 Å². The Bertz CT molecular complexity index is 785. The van der Waals surface area contributed by atoms with Crippen LogP contribution in [0.2, 0.25) is 5.15 Å². The summed E-state index contributed by atoms with van der Waals surface area (Å²) in [7, 11) is 0. The minimum absolute atomic E-state index is 0.167. The first kappa shape index (κ1) is 12.6. The second-order valence-electron chi connectivity index (χ2n) is 4.16. The van der Waals surface area contributed by atoms with Crippen molar-refractivity contribution in [2.75, 3.05) is 0 Å². The maximum atomic E-state index is 12.2. The number of rotatable bonds is 2. The molecule has 2 heterocycles. The number of aromatic amines is 1. The highest BCUT2D eigenvalue weighted by molar-refractivity contribution is 6.32. The van der Waals surface area contributed by atoms with Crippen molar-refractivity contribution in [2.45, 2.75) is 0 Å². The summed E-state index contributed by atoms with van der Waals surface area (Å²) < 4.78 is 0. The number of nitrogens with one attached hydrogen (secondary N) is 1. The third-order valence-corrected chi connectivity index (χ3v) is 3.12. The quantitative estimate of drug-likeness (QED) is 0.735. The Morgan fingerprint density at radius 2 is 1.75 bits per heavy atom. The zero-order valence-electron chi connectivity index (χ0n) is 10.4. The van der Waals surface area contributed by atoms with E-state index in [0.717, 1.165) is 5.56 Å². The minimum Gasteiger partial charge on any atom is -0.305 e. The van der Waals surface area contributed by atoms with Crippen molar-refractivity contribution >= 4 is 11.6 Å². The molecule has 0 fully saturated rings. The number of benzene rings is 1. The van der Waals surface area contributed by atoms with Crippen LogP contribution < -0.4 is 5.56 Å². The molecule has 0 atom stereocenters. The average molecular weight is 284 g/mol. The fraction of sp³-hybridized carbons (Fsp3) is 0. The third-order valence-electron chi connectivity index (χ3n) is 2.85. The summed E-state index contributed by atoms with van der Waals surface area (Å²) in [4.78, 5) is 23.3. The summed E-state index contributed by atoms with van der Waals surface area (Å²) in [6.45, 7) is 0. The van der Waals surface area contributed by atoms with E-state index in [9.17, 15) is 4.79 Å². The zero-order valence-corrected chi connectivity index (χ0v) is 11.1. The van der Waals surface area contributed by atoms with Gasteiger partial charge in [-0.05, 0) is 17.7 Å². The molecule has 0 radical (unpaired) electrons. The van der Waals surface area contributed by atoms with Gasteiger partial charge in [-0.25, -0.2) is 4.98 Å². The Morgan fingerprint density at radius 3 is 2.40 bits per heavy atom. The van der Waals surface area contributed by atoms with Crippen LogP contribution in [0, 0.1) is 0 Å². The Morgan fingerprint density at radius 1 is 1.00 bits per heavy atom. The molecule has 0 unspecified atom stereocenters. The summed E-state index contributed by atoms with van der Waals surface area (Å²) >= 11 is 6.16. The van der Waals surface area contributed by atoms with Crippen LogP contribution in [0.3, 0.4) is 0 Å². The van der Waals surface area contributed by atoms with E-state index >= 15 is 0 Å². The van der Waals surface area contributed by atoms with Gasteiger partial charge in [-0.2, -0.15) is 0 Å². The fourth-order valence-electron chi connectivity index (χ4n) is 1.92. The van der Waals surface area contributed by atoms with Crippen LogP contribution in [0.15, 0.2) is 59.5 Å². The van der Waals surface area contributed by atoms with Crippen molar-refractivity contribution in [1.82, 2.24) is 15.0 Å². The predicted molar refractivity (Wildman–Crippen MR) is 78.5 cm³/mol. The second kappa shape index (κ2) is 5.27. The van der Waals surface area contributed by atoms with Gasteiger partial charge in [0.2, 0.25) is 0 Å².